The Balaban J connectivity index is 1.66. The van der Waals surface area contributed by atoms with Crippen molar-refractivity contribution >= 4 is 53.9 Å². The number of methoxy groups -OCH3 is 2. The molecular weight excluding hydrogens is 736 g/mol. The van der Waals surface area contributed by atoms with E-state index in [-0.39, 0.29) is 29.1 Å². The predicted octanol–water partition coefficient (Wildman–Crippen LogP) is 8.79. The molecule has 0 fully saturated rings. The van der Waals surface area contributed by atoms with Gasteiger partial charge in [-0.25, -0.2) is 0 Å². The highest BCUT2D eigenvalue weighted by Crippen LogP contribution is 2.65. The smallest absolute Gasteiger partial charge is 0.151 e. The Morgan fingerprint density at radius 2 is 1.43 bits per heavy atom. The number of rotatable bonds is 5. The summed E-state index contributed by atoms with van der Waals surface area (Å²) in [6.45, 7) is 0. The molecule has 0 saturated carbocycles. The van der Waals surface area contributed by atoms with Gasteiger partial charge in [0, 0.05) is 17.5 Å². The molecule has 216 valence electrons. The summed E-state index contributed by atoms with van der Waals surface area (Å²) in [5.41, 5.74) is 3.14. The molecule has 42 heavy (non-hydrogen) atoms. The maximum absolute atomic E-state index is 11.0. The second kappa shape index (κ2) is 11.4. The monoisotopic (exact) mass is 758 g/mol. The molecule has 0 bridgehead atoms. The van der Waals surface area contributed by atoms with Crippen LogP contribution in [0.2, 0.25) is 0 Å². The van der Waals surface area contributed by atoms with Crippen LogP contribution in [-0.4, -0.2) is 29.5 Å². The Morgan fingerprint density at radius 1 is 0.762 bits per heavy atom. The van der Waals surface area contributed by atoms with Crippen LogP contribution >= 0.6 is 47.8 Å². The lowest BCUT2D eigenvalue weighted by molar-refractivity contribution is -0.0118. The minimum atomic E-state index is -0.630. The highest BCUT2D eigenvalue weighted by Gasteiger charge is 2.52. The summed E-state index contributed by atoms with van der Waals surface area (Å²) in [5, 5.41) is 31.5. The standard InChI is InChI=1S/C32H25Br3O7/c1-39-20-14-19(37)24(33)32-23(20)29-21(28(41-32)16-6-4-3-5-7-16)18(13-10-15-8-11-17(36)12-9-15)22-30(40-2)25(34)27(38)26(35)31(22)42-29/h3-14,18,21,28-29,36-38H,1-2H3/b13-10+/t18-,21+,28+,29+/m0/s1. The molecule has 0 saturated heterocycles. The number of hydrogen-bond acceptors (Lipinski definition) is 7. The molecule has 0 aliphatic carbocycles. The van der Waals surface area contributed by atoms with Crippen molar-refractivity contribution < 1.29 is 34.3 Å². The van der Waals surface area contributed by atoms with E-state index in [1.807, 2.05) is 48.5 Å². The highest BCUT2D eigenvalue weighted by atomic mass is 79.9. The SMILES string of the molecule is COc1cc(O)c(Br)c2c1[C@@H]1Oc3c(Br)c(O)c(Br)c(OC)c3[C@@H](/C=C/c3ccc(O)cc3)[C@@H]1[C@@H](c1ccccc1)O2. The van der Waals surface area contributed by atoms with E-state index in [1.54, 1.807) is 19.2 Å². The number of allylic oxidation sites excluding steroid dienone is 1. The fourth-order valence-corrected chi connectivity index (χ4v) is 7.55. The van der Waals surface area contributed by atoms with Gasteiger partial charge in [-0.05, 0) is 71.0 Å². The molecule has 4 aromatic carbocycles. The number of benzene rings is 4. The molecule has 0 unspecified atom stereocenters. The van der Waals surface area contributed by atoms with E-state index in [9.17, 15) is 15.3 Å². The van der Waals surface area contributed by atoms with Crippen molar-refractivity contribution in [2.75, 3.05) is 14.2 Å². The molecule has 4 aromatic rings. The molecule has 7 nitrogen and oxygen atoms in total. The second-order valence-corrected chi connectivity index (χ2v) is 12.3. The average molecular weight is 761 g/mol. The van der Waals surface area contributed by atoms with Gasteiger partial charge in [0.05, 0.1) is 25.7 Å². The number of hydrogen-bond donors (Lipinski definition) is 3. The first-order valence-electron chi connectivity index (χ1n) is 13.0. The molecule has 3 N–H and O–H groups in total. The number of ether oxygens (including phenoxy) is 4. The van der Waals surface area contributed by atoms with Crippen LogP contribution in [0.4, 0.5) is 0 Å². The Morgan fingerprint density at radius 3 is 2.10 bits per heavy atom. The van der Waals surface area contributed by atoms with Crippen molar-refractivity contribution in [3.05, 3.63) is 102 Å². The third kappa shape index (κ3) is 4.69. The molecule has 2 aliphatic heterocycles. The third-order valence-corrected chi connectivity index (χ3v) is 9.91. The van der Waals surface area contributed by atoms with Crippen LogP contribution < -0.4 is 18.9 Å². The largest absolute Gasteiger partial charge is 0.508 e. The van der Waals surface area contributed by atoms with E-state index in [0.717, 1.165) is 16.7 Å². The van der Waals surface area contributed by atoms with Crippen molar-refractivity contribution in [3.8, 4) is 40.2 Å². The van der Waals surface area contributed by atoms with Crippen molar-refractivity contribution in [1.29, 1.82) is 0 Å². The van der Waals surface area contributed by atoms with Crippen LogP contribution in [0.5, 0.6) is 40.2 Å². The molecule has 6 rings (SSSR count). The molecule has 0 spiro atoms. The summed E-state index contributed by atoms with van der Waals surface area (Å²) in [7, 11) is 3.08. The van der Waals surface area contributed by atoms with Gasteiger partial charge in [-0.1, -0.05) is 54.6 Å². The summed E-state index contributed by atoms with van der Waals surface area (Å²) in [5.74, 6) is 1.03. The second-order valence-electron chi connectivity index (χ2n) is 9.95. The molecule has 10 heteroatoms. The number of aromatic hydroxyl groups is 3. The Hall–Kier alpha value is -3.34. The fourth-order valence-electron chi connectivity index (χ4n) is 5.78. The normalized spacial score (nSPS) is 20.6. The minimum Gasteiger partial charge on any atom is -0.508 e. The number of phenols is 3. The summed E-state index contributed by atoms with van der Waals surface area (Å²) >= 11 is 10.6. The minimum absolute atomic E-state index is 0.0275. The first kappa shape index (κ1) is 28.8. The highest BCUT2D eigenvalue weighted by molar-refractivity contribution is 9.11. The lowest BCUT2D eigenvalue weighted by Gasteiger charge is -2.47. The molecule has 2 heterocycles. The Kier molecular flexibility index (Phi) is 7.80. The molecule has 4 atom stereocenters. The van der Waals surface area contributed by atoms with Crippen LogP contribution in [0, 0.1) is 5.92 Å². The maximum atomic E-state index is 11.0. The van der Waals surface area contributed by atoms with E-state index >= 15 is 0 Å². The van der Waals surface area contributed by atoms with Crippen molar-refractivity contribution in [3.63, 3.8) is 0 Å². The Bertz CT molecular complexity index is 1690. The quantitative estimate of drug-likeness (QED) is 0.187. The first-order chi connectivity index (χ1) is 20.2. The van der Waals surface area contributed by atoms with Crippen LogP contribution in [0.1, 0.15) is 40.4 Å². The molecule has 0 radical (unpaired) electrons. The van der Waals surface area contributed by atoms with Gasteiger partial charge in [0.1, 0.15) is 60.1 Å². The third-order valence-electron chi connectivity index (χ3n) is 7.67. The summed E-state index contributed by atoms with van der Waals surface area (Å²) in [6.07, 6.45) is 2.89. The summed E-state index contributed by atoms with van der Waals surface area (Å²) < 4.78 is 26.3. The topological polar surface area (TPSA) is 97.6 Å². The van der Waals surface area contributed by atoms with Crippen LogP contribution in [-0.2, 0) is 0 Å². The fraction of sp³-hybridized carbons (Fsp3) is 0.188. The van der Waals surface area contributed by atoms with Gasteiger partial charge >= 0.3 is 0 Å². The molecule has 0 amide bonds. The van der Waals surface area contributed by atoms with Crippen molar-refractivity contribution in [2.24, 2.45) is 5.92 Å². The van der Waals surface area contributed by atoms with Gasteiger partial charge in [-0.15, -0.1) is 0 Å². The molecule has 0 aromatic heterocycles. The van der Waals surface area contributed by atoms with Gasteiger partial charge in [0.25, 0.3) is 0 Å². The van der Waals surface area contributed by atoms with E-state index in [0.29, 0.717) is 42.0 Å². The average Bonchev–Trinajstić information content (AvgIpc) is 3.01. The van der Waals surface area contributed by atoms with E-state index in [1.165, 1.54) is 13.2 Å². The lowest BCUT2D eigenvalue weighted by Crippen LogP contribution is -2.39. The van der Waals surface area contributed by atoms with Crippen molar-refractivity contribution in [2.45, 2.75) is 18.1 Å². The van der Waals surface area contributed by atoms with Gasteiger partial charge in [0.15, 0.2) is 5.75 Å². The van der Waals surface area contributed by atoms with Crippen LogP contribution in [0.15, 0.2) is 80.2 Å². The summed E-state index contributed by atoms with van der Waals surface area (Å²) in [6, 6.07) is 18.3. The van der Waals surface area contributed by atoms with Gasteiger partial charge in [-0.3, -0.25) is 0 Å². The van der Waals surface area contributed by atoms with Crippen LogP contribution in [0.25, 0.3) is 6.08 Å². The van der Waals surface area contributed by atoms with E-state index < -0.39 is 12.2 Å². The predicted molar refractivity (Wildman–Crippen MR) is 169 cm³/mol. The number of fused-ring (bicyclic) bond motifs is 4. The molecule has 2 aliphatic rings. The maximum Gasteiger partial charge on any atom is 0.151 e. The van der Waals surface area contributed by atoms with Crippen LogP contribution in [0.3, 0.4) is 0 Å². The first-order valence-corrected chi connectivity index (χ1v) is 15.4. The zero-order valence-corrected chi connectivity index (χ0v) is 27.1. The molecular formula is C32H25Br3O7. The lowest BCUT2D eigenvalue weighted by atomic mass is 9.71. The van der Waals surface area contributed by atoms with Gasteiger partial charge in [-0.2, -0.15) is 0 Å². The zero-order chi connectivity index (χ0) is 29.7. The van der Waals surface area contributed by atoms with Crippen molar-refractivity contribution in [1.82, 2.24) is 0 Å². The summed E-state index contributed by atoms with van der Waals surface area (Å²) in [4.78, 5) is 0. The van der Waals surface area contributed by atoms with Gasteiger partial charge in [0.2, 0.25) is 0 Å². The van der Waals surface area contributed by atoms with Gasteiger partial charge < -0.3 is 34.3 Å². The van der Waals surface area contributed by atoms with E-state index in [2.05, 4.69) is 53.9 Å². The Labute approximate surface area is 267 Å². The van der Waals surface area contributed by atoms with E-state index in [4.69, 9.17) is 18.9 Å². The number of phenolic OH excluding ortho intramolecular Hbond substituents is 3. The zero-order valence-electron chi connectivity index (χ0n) is 22.3. The number of halogens is 3.